The summed E-state index contributed by atoms with van der Waals surface area (Å²) >= 11 is 0. The third kappa shape index (κ3) is 4.72. The van der Waals surface area contributed by atoms with Gasteiger partial charge < -0.3 is 4.84 Å². The molecule has 0 aliphatic carbocycles. The van der Waals surface area contributed by atoms with Gasteiger partial charge in [-0.2, -0.15) is 5.48 Å². The number of non-ortho nitro benzene ring substituents is 2. The SMILES string of the molecule is O=C(Nc1cccc([N+](=O)[O-])c1)ONC(=O)c1cccc([N+](=O)[O-])c1. The van der Waals surface area contributed by atoms with E-state index >= 15 is 0 Å². The van der Waals surface area contributed by atoms with E-state index in [0.29, 0.717) is 0 Å². The van der Waals surface area contributed by atoms with Gasteiger partial charge in [0, 0.05) is 29.8 Å². The fraction of sp³-hybridized carbons (Fsp3) is 0. The largest absolute Gasteiger partial charge is 0.436 e. The molecule has 128 valence electrons. The summed E-state index contributed by atoms with van der Waals surface area (Å²) in [7, 11) is 0. The van der Waals surface area contributed by atoms with Crippen LogP contribution in [0, 0.1) is 20.2 Å². The van der Waals surface area contributed by atoms with E-state index in [9.17, 15) is 29.8 Å². The van der Waals surface area contributed by atoms with E-state index in [1.165, 1.54) is 36.4 Å². The third-order valence-corrected chi connectivity index (χ3v) is 2.86. The molecule has 11 heteroatoms. The number of nitrogens with one attached hydrogen (secondary N) is 2. The maximum atomic E-state index is 11.8. The Balaban J connectivity index is 1.94. The summed E-state index contributed by atoms with van der Waals surface area (Å²) in [6.07, 6.45) is -1.10. The van der Waals surface area contributed by atoms with Crippen molar-refractivity contribution >= 4 is 29.1 Å². The lowest BCUT2D eigenvalue weighted by atomic mass is 10.2. The number of rotatable bonds is 4. The molecule has 2 N–H and O–H groups in total. The monoisotopic (exact) mass is 346 g/mol. The molecule has 2 rings (SSSR count). The minimum absolute atomic E-state index is 0.0858. The minimum atomic E-state index is -1.10. The quantitative estimate of drug-likeness (QED) is 0.636. The van der Waals surface area contributed by atoms with Gasteiger partial charge in [0.15, 0.2) is 0 Å². The summed E-state index contributed by atoms with van der Waals surface area (Å²) in [4.78, 5) is 47.8. The number of carbonyl (C=O) groups is 2. The normalized spacial score (nSPS) is 9.76. The van der Waals surface area contributed by atoms with E-state index in [4.69, 9.17) is 0 Å². The second kappa shape index (κ2) is 7.50. The zero-order valence-electron chi connectivity index (χ0n) is 12.4. The fourth-order valence-electron chi connectivity index (χ4n) is 1.75. The van der Waals surface area contributed by atoms with Crippen molar-refractivity contribution in [2.24, 2.45) is 0 Å². The second-order valence-corrected chi connectivity index (χ2v) is 4.56. The Labute approximate surface area is 139 Å². The number of hydrogen-bond acceptors (Lipinski definition) is 7. The van der Waals surface area contributed by atoms with Gasteiger partial charge in [-0.1, -0.05) is 12.1 Å². The molecule has 0 radical (unpaired) electrons. The molecule has 0 saturated heterocycles. The molecule has 0 saturated carbocycles. The van der Waals surface area contributed by atoms with Gasteiger partial charge in [0.05, 0.1) is 15.5 Å². The van der Waals surface area contributed by atoms with Gasteiger partial charge in [-0.25, -0.2) is 4.79 Å². The highest BCUT2D eigenvalue weighted by Gasteiger charge is 2.14. The van der Waals surface area contributed by atoms with Gasteiger partial charge in [-0.15, -0.1) is 0 Å². The van der Waals surface area contributed by atoms with E-state index in [-0.39, 0.29) is 22.6 Å². The topological polar surface area (TPSA) is 154 Å². The van der Waals surface area contributed by atoms with Gasteiger partial charge >= 0.3 is 6.09 Å². The number of carbonyl (C=O) groups excluding carboxylic acids is 2. The lowest BCUT2D eigenvalue weighted by molar-refractivity contribution is -0.385. The van der Waals surface area contributed by atoms with Gasteiger partial charge in [0.25, 0.3) is 17.3 Å². The van der Waals surface area contributed by atoms with Gasteiger partial charge in [0.1, 0.15) is 0 Å². The fourth-order valence-corrected chi connectivity index (χ4v) is 1.75. The second-order valence-electron chi connectivity index (χ2n) is 4.56. The van der Waals surface area contributed by atoms with Crippen LogP contribution < -0.4 is 10.8 Å². The van der Waals surface area contributed by atoms with Crippen LogP contribution in [0.5, 0.6) is 0 Å². The summed E-state index contributed by atoms with van der Waals surface area (Å²) in [6, 6.07) is 9.89. The van der Waals surface area contributed by atoms with E-state index < -0.39 is 21.8 Å². The molecular formula is C14H10N4O7. The zero-order valence-corrected chi connectivity index (χ0v) is 12.4. The third-order valence-electron chi connectivity index (χ3n) is 2.86. The molecule has 2 amide bonds. The molecule has 0 aliphatic heterocycles. The van der Waals surface area contributed by atoms with E-state index in [2.05, 4.69) is 10.2 Å². The Morgan fingerprint density at radius 1 is 0.920 bits per heavy atom. The number of nitrogens with zero attached hydrogens (tertiary/aromatic N) is 2. The van der Waals surface area contributed by atoms with Crippen LogP contribution in [0.4, 0.5) is 21.9 Å². The summed E-state index contributed by atoms with van der Waals surface area (Å²) in [6.45, 7) is 0. The molecule has 0 spiro atoms. The summed E-state index contributed by atoms with van der Waals surface area (Å²) < 4.78 is 0. The van der Waals surface area contributed by atoms with Gasteiger partial charge in [-0.05, 0) is 12.1 Å². The molecule has 2 aromatic rings. The lowest BCUT2D eigenvalue weighted by Gasteiger charge is -2.07. The van der Waals surface area contributed by atoms with Crippen LogP contribution in [0.15, 0.2) is 48.5 Å². The van der Waals surface area contributed by atoms with Crippen LogP contribution in [0.25, 0.3) is 0 Å². The molecular weight excluding hydrogens is 336 g/mol. The number of nitro groups is 2. The Morgan fingerprint density at radius 3 is 2.16 bits per heavy atom. The number of anilines is 1. The van der Waals surface area contributed by atoms with Crippen molar-refractivity contribution in [2.45, 2.75) is 0 Å². The molecule has 0 aromatic heterocycles. The van der Waals surface area contributed by atoms with Crippen molar-refractivity contribution in [3.8, 4) is 0 Å². The summed E-state index contributed by atoms with van der Waals surface area (Å²) in [5.74, 6) is -0.877. The zero-order chi connectivity index (χ0) is 18.4. The smallest absolute Gasteiger partial charge is 0.321 e. The number of hydroxylamine groups is 1. The molecule has 0 aliphatic rings. The van der Waals surface area contributed by atoms with Crippen LogP contribution in [0.2, 0.25) is 0 Å². The van der Waals surface area contributed by atoms with Crippen molar-refractivity contribution in [1.82, 2.24) is 5.48 Å². The Bertz CT molecular complexity index is 853. The Morgan fingerprint density at radius 2 is 1.52 bits per heavy atom. The Kier molecular flexibility index (Phi) is 5.20. The molecule has 0 fully saturated rings. The van der Waals surface area contributed by atoms with Crippen molar-refractivity contribution < 1.29 is 24.3 Å². The number of nitro benzene ring substituents is 2. The van der Waals surface area contributed by atoms with E-state index in [1.807, 2.05) is 5.48 Å². The van der Waals surface area contributed by atoms with Crippen LogP contribution in [-0.4, -0.2) is 21.8 Å². The summed E-state index contributed by atoms with van der Waals surface area (Å²) in [5.41, 5.74) is 1.28. The molecule has 0 atom stereocenters. The maximum absolute atomic E-state index is 11.8. The lowest BCUT2D eigenvalue weighted by Crippen LogP contribution is -2.29. The maximum Gasteiger partial charge on any atom is 0.436 e. The summed E-state index contributed by atoms with van der Waals surface area (Å²) in [5, 5.41) is 23.5. The van der Waals surface area contributed by atoms with Crippen molar-refractivity contribution in [1.29, 1.82) is 0 Å². The first-order chi connectivity index (χ1) is 11.9. The van der Waals surface area contributed by atoms with Crippen LogP contribution >= 0.6 is 0 Å². The first-order valence-corrected chi connectivity index (χ1v) is 6.64. The molecule has 25 heavy (non-hydrogen) atoms. The first-order valence-electron chi connectivity index (χ1n) is 6.64. The van der Waals surface area contributed by atoms with E-state index in [1.54, 1.807) is 0 Å². The number of hydrogen-bond donors (Lipinski definition) is 2. The highest BCUT2D eigenvalue weighted by atomic mass is 16.7. The standard InChI is InChI=1S/C14H10N4O7/c19-13(9-3-1-5-11(7-9)17(21)22)16-25-14(20)15-10-4-2-6-12(8-10)18(23)24/h1-8H,(H,15,20)(H,16,19). The van der Waals surface area contributed by atoms with Crippen LogP contribution in [0.1, 0.15) is 10.4 Å². The van der Waals surface area contributed by atoms with Crippen molar-refractivity contribution in [3.05, 3.63) is 74.3 Å². The highest BCUT2D eigenvalue weighted by Crippen LogP contribution is 2.17. The van der Waals surface area contributed by atoms with Crippen molar-refractivity contribution in [2.75, 3.05) is 5.32 Å². The molecule has 0 unspecified atom stereocenters. The van der Waals surface area contributed by atoms with Crippen LogP contribution in [0.3, 0.4) is 0 Å². The highest BCUT2D eigenvalue weighted by molar-refractivity contribution is 5.95. The van der Waals surface area contributed by atoms with Crippen LogP contribution in [-0.2, 0) is 4.84 Å². The first kappa shape index (κ1) is 17.3. The predicted octanol–water partition coefficient (Wildman–Crippen LogP) is 2.40. The molecule has 0 heterocycles. The van der Waals surface area contributed by atoms with Gasteiger partial charge in [0.2, 0.25) is 0 Å². The van der Waals surface area contributed by atoms with E-state index in [0.717, 1.165) is 12.1 Å². The number of benzene rings is 2. The average molecular weight is 346 g/mol. The molecule has 0 bridgehead atoms. The predicted molar refractivity (Wildman–Crippen MR) is 83.8 cm³/mol. The minimum Gasteiger partial charge on any atom is -0.321 e. The Hall–Kier alpha value is -4.02. The van der Waals surface area contributed by atoms with Gasteiger partial charge in [-0.3, -0.25) is 30.3 Å². The number of amides is 2. The molecule has 2 aromatic carbocycles. The van der Waals surface area contributed by atoms with Crippen molar-refractivity contribution in [3.63, 3.8) is 0 Å². The molecule has 11 nitrogen and oxygen atoms in total. The average Bonchev–Trinajstić information content (AvgIpc) is 2.60.